The van der Waals surface area contributed by atoms with Crippen molar-refractivity contribution in [1.29, 1.82) is 0 Å². The SMILES string of the molecule is COc1ccc(CNc2nc(N3CC4CC4C3)ncc2N(C=O)CC2CC3(CCN(C(=O)OC(C)(C)C)CC3)C2)cc1Cl. The number of nitrogens with one attached hydrogen (secondary N) is 1. The zero-order chi connectivity index (χ0) is 30.4. The number of rotatable bonds is 9. The highest BCUT2D eigenvalue weighted by Gasteiger charge is 2.48. The van der Waals surface area contributed by atoms with E-state index in [0.29, 0.717) is 47.2 Å². The minimum absolute atomic E-state index is 0.225. The molecule has 1 spiro atoms. The summed E-state index contributed by atoms with van der Waals surface area (Å²) in [7, 11) is 1.60. The second kappa shape index (κ2) is 11.7. The van der Waals surface area contributed by atoms with Gasteiger partial charge in [0.15, 0.2) is 5.82 Å². The third kappa shape index (κ3) is 6.64. The van der Waals surface area contributed by atoms with E-state index in [4.69, 9.17) is 31.0 Å². The van der Waals surface area contributed by atoms with Crippen molar-refractivity contribution in [2.75, 3.05) is 55.0 Å². The molecule has 4 fully saturated rings. The summed E-state index contributed by atoms with van der Waals surface area (Å²) in [5.41, 5.74) is 1.42. The predicted molar refractivity (Wildman–Crippen MR) is 167 cm³/mol. The molecule has 11 heteroatoms. The number of benzene rings is 1. The Labute approximate surface area is 259 Å². The number of halogens is 1. The number of hydrogen-bond donors (Lipinski definition) is 1. The van der Waals surface area contributed by atoms with E-state index in [1.807, 2.05) is 43.9 Å². The van der Waals surface area contributed by atoms with Crippen molar-refractivity contribution in [3.8, 4) is 5.75 Å². The highest BCUT2D eigenvalue weighted by molar-refractivity contribution is 6.32. The van der Waals surface area contributed by atoms with E-state index in [-0.39, 0.29) is 11.5 Å². The molecule has 2 saturated carbocycles. The molecule has 43 heavy (non-hydrogen) atoms. The van der Waals surface area contributed by atoms with Gasteiger partial charge in [0.25, 0.3) is 0 Å². The van der Waals surface area contributed by atoms with Crippen LogP contribution in [0.1, 0.15) is 58.4 Å². The standard InChI is InChI=1S/C32H43ClN6O4/c1-31(2,3)43-30(41)37-9-7-32(8-10-37)13-22(14-32)17-39(20-40)26-16-35-29(38-18-23-12-24(23)19-38)36-28(26)34-15-21-5-6-27(42-4)25(33)11-21/h5-6,11,16,20,22-24H,7-10,12-15,17-19H2,1-4H3,(H,34,35,36). The molecular weight excluding hydrogens is 568 g/mol. The van der Waals surface area contributed by atoms with Crippen LogP contribution in [0.25, 0.3) is 0 Å². The number of piperidine rings is 2. The first-order valence-electron chi connectivity index (χ1n) is 15.4. The van der Waals surface area contributed by atoms with Crippen molar-refractivity contribution in [1.82, 2.24) is 14.9 Å². The first-order valence-corrected chi connectivity index (χ1v) is 15.8. The first-order chi connectivity index (χ1) is 20.5. The normalized spacial score (nSPS) is 22.5. The number of aromatic nitrogens is 2. The van der Waals surface area contributed by atoms with Crippen LogP contribution in [0.15, 0.2) is 24.4 Å². The number of methoxy groups -OCH3 is 1. The van der Waals surface area contributed by atoms with Crippen LogP contribution in [0.3, 0.4) is 0 Å². The summed E-state index contributed by atoms with van der Waals surface area (Å²) < 4.78 is 10.9. The minimum Gasteiger partial charge on any atom is -0.495 e. The Morgan fingerprint density at radius 2 is 1.93 bits per heavy atom. The van der Waals surface area contributed by atoms with Gasteiger partial charge in [-0.15, -0.1) is 0 Å². The van der Waals surface area contributed by atoms with Crippen LogP contribution in [0.4, 0.5) is 22.2 Å². The van der Waals surface area contributed by atoms with E-state index < -0.39 is 5.60 Å². The third-order valence-electron chi connectivity index (χ3n) is 9.51. The zero-order valence-electron chi connectivity index (χ0n) is 25.6. The number of likely N-dealkylation sites (tertiary alicyclic amines) is 1. The van der Waals surface area contributed by atoms with Crippen LogP contribution in [0.2, 0.25) is 5.02 Å². The van der Waals surface area contributed by atoms with Gasteiger partial charge in [-0.25, -0.2) is 9.78 Å². The van der Waals surface area contributed by atoms with Crippen LogP contribution in [-0.4, -0.2) is 72.8 Å². The van der Waals surface area contributed by atoms with Crippen molar-refractivity contribution >= 4 is 41.6 Å². The largest absolute Gasteiger partial charge is 0.495 e. The van der Waals surface area contributed by atoms with Gasteiger partial charge < -0.3 is 29.5 Å². The Balaban J connectivity index is 1.11. The molecule has 2 amide bonds. The molecule has 1 N–H and O–H groups in total. The molecule has 2 saturated heterocycles. The molecule has 10 nitrogen and oxygen atoms in total. The molecule has 1 aromatic carbocycles. The second-order valence-corrected chi connectivity index (χ2v) is 14.3. The molecule has 4 aliphatic rings. The topological polar surface area (TPSA) is 100 Å². The van der Waals surface area contributed by atoms with E-state index in [1.54, 1.807) is 18.2 Å². The van der Waals surface area contributed by atoms with Crippen LogP contribution in [0, 0.1) is 23.2 Å². The molecule has 2 unspecified atom stereocenters. The summed E-state index contributed by atoms with van der Waals surface area (Å²) in [5, 5.41) is 4.01. The number of carbonyl (C=O) groups is 2. The molecule has 0 bridgehead atoms. The van der Waals surface area contributed by atoms with Crippen LogP contribution < -0.4 is 19.9 Å². The highest BCUT2D eigenvalue weighted by atomic mass is 35.5. The predicted octanol–water partition coefficient (Wildman–Crippen LogP) is 5.60. The van der Waals surface area contributed by atoms with E-state index in [9.17, 15) is 9.59 Å². The highest BCUT2D eigenvalue weighted by Crippen LogP contribution is 2.53. The fourth-order valence-electron chi connectivity index (χ4n) is 7.09. The van der Waals surface area contributed by atoms with Crippen molar-refractivity contribution in [3.63, 3.8) is 0 Å². The van der Waals surface area contributed by atoms with E-state index in [1.165, 1.54) is 6.42 Å². The molecular formula is C32H43ClN6O4. The van der Waals surface area contributed by atoms with Crippen molar-refractivity contribution < 1.29 is 19.1 Å². The summed E-state index contributed by atoms with van der Waals surface area (Å²) in [5.74, 6) is 3.88. The van der Waals surface area contributed by atoms with Gasteiger partial charge in [0.05, 0.1) is 18.3 Å². The summed E-state index contributed by atoms with van der Waals surface area (Å²) in [6.45, 7) is 10.2. The fraction of sp³-hybridized carbons (Fsp3) is 0.625. The summed E-state index contributed by atoms with van der Waals surface area (Å²) in [6, 6.07) is 5.69. The number of ether oxygens (including phenoxy) is 2. The summed E-state index contributed by atoms with van der Waals surface area (Å²) in [4.78, 5) is 40.4. The maximum Gasteiger partial charge on any atom is 0.410 e. The van der Waals surface area contributed by atoms with E-state index in [2.05, 4.69) is 10.2 Å². The lowest BCUT2D eigenvalue weighted by molar-refractivity contribution is -0.108. The summed E-state index contributed by atoms with van der Waals surface area (Å²) >= 11 is 6.37. The molecule has 2 aliphatic carbocycles. The number of anilines is 3. The summed E-state index contributed by atoms with van der Waals surface area (Å²) in [6.07, 6.45) is 7.79. The average Bonchev–Trinajstić information content (AvgIpc) is 3.57. The fourth-order valence-corrected chi connectivity index (χ4v) is 7.37. The Morgan fingerprint density at radius 1 is 1.21 bits per heavy atom. The molecule has 0 radical (unpaired) electrons. The third-order valence-corrected chi connectivity index (χ3v) is 9.80. The van der Waals surface area contributed by atoms with Crippen molar-refractivity contribution in [3.05, 3.63) is 35.0 Å². The van der Waals surface area contributed by atoms with Crippen molar-refractivity contribution in [2.24, 2.45) is 23.2 Å². The first kappa shape index (κ1) is 29.8. The lowest BCUT2D eigenvalue weighted by atomic mass is 9.57. The lowest BCUT2D eigenvalue weighted by Gasteiger charge is -2.52. The van der Waals surface area contributed by atoms with Gasteiger partial charge in [0, 0.05) is 39.3 Å². The number of amides is 2. The van der Waals surface area contributed by atoms with E-state index >= 15 is 0 Å². The van der Waals surface area contributed by atoms with Gasteiger partial charge in [-0.1, -0.05) is 17.7 Å². The Morgan fingerprint density at radius 3 is 2.56 bits per heavy atom. The lowest BCUT2D eigenvalue weighted by Crippen LogP contribution is -2.51. The zero-order valence-corrected chi connectivity index (χ0v) is 26.4. The number of hydrogen-bond acceptors (Lipinski definition) is 8. The van der Waals surface area contributed by atoms with Crippen LogP contribution >= 0.6 is 11.6 Å². The molecule has 232 valence electrons. The van der Waals surface area contributed by atoms with Crippen molar-refractivity contribution in [2.45, 2.75) is 65.0 Å². The van der Waals surface area contributed by atoms with Gasteiger partial charge in [0.2, 0.25) is 12.4 Å². The van der Waals surface area contributed by atoms with Gasteiger partial charge in [-0.3, -0.25) is 4.79 Å². The number of nitrogens with zero attached hydrogens (tertiary/aromatic N) is 5. The Kier molecular flexibility index (Phi) is 8.08. The molecule has 6 rings (SSSR count). The molecule has 2 aromatic rings. The minimum atomic E-state index is -0.488. The van der Waals surface area contributed by atoms with Crippen LogP contribution in [0.5, 0.6) is 5.75 Å². The van der Waals surface area contributed by atoms with Gasteiger partial charge in [-0.2, -0.15) is 4.98 Å². The average molecular weight is 611 g/mol. The number of fused-ring (bicyclic) bond motifs is 1. The monoisotopic (exact) mass is 610 g/mol. The maximum absolute atomic E-state index is 12.5. The smallest absolute Gasteiger partial charge is 0.410 e. The Hall–Kier alpha value is -3.27. The van der Waals surface area contributed by atoms with E-state index in [0.717, 1.165) is 75.7 Å². The van der Waals surface area contributed by atoms with Crippen LogP contribution in [-0.2, 0) is 16.1 Å². The molecule has 1 aromatic heterocycles. The van der Waals surface area contributed by atoms with Gasteiger partial charge in [0.1, 0.15) is 17.0 Å². The molecule has 2 atom stereocenters. The van der Waals surface area contributed by atoms with Gasteiger partial charge >= 0.3 is 6.09 Å². The number of carbonyl (C=O) groups excluding carboxylic acids is 2. The van der Waals surface area contributed by atoms with Gasteiger partial charge in [-0.05, 0) is 93.7 Å². The quantitative estimate of drug-likeness (QED) is 0.367. The Bertz CT molecular complexity index is 1340. The maximum atomic E-state index is 12.5. The second-order valence-electron chi connectivity index (χ2n) is 13.9. The molecule has 3 heterocycles. The molecule has 2 aliphatic heterocycles.